The molecular formula is C23H18Cl2N4O2. The minimum Gasteiger partial charge on any atom is -0.497 e. The number of ether oxygens (including phenoxy) is 1. The van der Waals surface area contributed by atoms with Crippen LogP contribution < -0.4 is 10.1 Å². The molecule has 8 heteroatoms. The number of benzene rings is 3. The minimum atomic E-state index is -0.438. The number of halogens is 2. The molecule has 1 amide bonds. The first-order chi connectivity index (χ1) is 14.9. The van der Waals surface area contributed by atoms with Gasteiger partial charge in [-0.1, -0.05) is 41.4 Å². The topological polar surface area (TPSA) is 69.0 Å². The lowest BCUT2D eigenvalue weighted by Crippen LogP contribution is -2.14. The van der Waals surface area contributed by atoms with Crippen LogP contribution in [0.15, 0.2) is 66.7 Å². The molecule has 1 N–H and O–H groups in total. The number of nitrogens with one attached hydrogen (secondary N) is 1. The highest BCUT2D eigenvalue weighted by molar-refractivity contribution is 6.31. The van der Waals surface area contributed by atoms with E-state index in [2.05, 4.69) is 15.4 Å². The van der Waals surface area contributed by atoms with E-state index in [9.17, 15) is 4.79 Å². The molecule has 1 aromatic heterocycles. The van der Waals surface area contributed by atoms with E-state index in [1.54, 1.807) is 60.3 Å². The fourth-order valence-corrected chi connectivity index (χ4v) is 3.42. The van der Waals surface area contributed by atoms with Gasteiger partial charge in [0.25, 0.3) is 5.91 Å². The van der Waals surface area contributed by atoms with E-state index in [0.29, 0.717) is 27.3 Å². The van der Waals surface area contributed by atoms with Crippen molar-refractivity contribution in [2.24, 2.45) is 0 Å². The first kappa shape index (κ1) is 20.9. The summed E-state index contributed by atoms with van der Waals surface area (Å²) in [5, 5.41) is 8.40. The zero-order valence-corrected chi connectivity index (χ0v) is 18.3. The number of hydrogen-bond acceptors (Lipinski definition) is 4. The predicted octanol–water partition coefficient (Wildman–Crippen LogP) is 5.81. The summed E-state index contributed by atoms with van der Waals surface area (Å²) in [5.74, 6) is 0.755. The minimum absolute atomic E-state index is 0.0187. The van der Waals surface area contributed by atoms with Gasteiger partial charge in [0.2, 0.25) is 5.82 Å². The molecule has 6 nitrogen and oxygen atoms in total. The summed E-state index contributed by atoms with van der Waals surface area (Å²) < 4.78 is 6.75. The van der Waals surface area contributed by atoms with E-state index in [-0.39, 0.29) is 5.82 Å². The number of carbonyl (C=O) groups excluding carboxylic acids is 1. The Bertz CT molecular complexity index is 1250. The number of carbonyl (C=O) groups is 1. The van der Waals surface area contributed by atoms with Crippen molar-refractivity contribution < 1.29 is 9.53 Å². The van der Waals surface area contributed by atoms with Crippen LogP contribution in [0.4, 0.5) is 5.69 Å². The molecule has 0 atom stereocenters. The van der Waals surface area contributed by atoms with Crippen molar-refractivity contribution in [2.75, 3.05) is 12.4 Å². The molecule has 0 saturated heterocycles. The van der Waals surface area contributed by atoms with E-state index in [1.165, 1.54) is 0 Å². The lowest BCUT2D eigenvalue weighted by Gasteiger charge is -2.09. The normalized spacial score (nSPS) is 10.7. The van der Waals surface area contributed by atoms with Gasteiger partial charge in [0.05, 0.1) is 12.8 Å². The van der Waals surface area contributed by atoms with Crippen LogP contribution in [0, 0.1) is 6.92 Å². The molecule has 0 spiro atoms. The SMILES string of the molecule is COc1ccc(NC(=O)c2nc(-c3cccc(Cl)c3)n(-c3cc(Cl)ccc3C)n2)cc1. The van der Waals surface area contributed by atoms with Gasteiger partial charge in [0.15, 0.2) is 5.82 Å². The summed E-state index contributed by atoms with van der Waals surface area (Å²) in [6.07, 6.45) is 0. The lowest BCUT2D eigenvalue weighted by molar-refractivity contribution is 0.101. The highest BCUT2D eigenvalue weighted by Gasteiger charge is 2.20. The number of hydrogen-bond donors (Lipinski definition) is 1. The van der Waals surface area contributed by atoms with Crippen molar-refractivity contribution in [3.63, 3.8) is 0 Å². The van der Waals surface area contributed by atoms with Crippen LogP contribution in [0.25, 0.3) is 17.1 Å². The Hall–Kier alpha value is -3.35. The summed E-state index contributed by atoms with van der Waals surface area (Å²) in [5.41, 5.74) is 2.98. The molecule has 3 aromatic carbocycles. The van der Waals surface area contributed by atoms with Gasteiger partial charge in [-0.15, -0.1) is 5.10 Å². The molecule has 31 heavy (non-hydrogen) atoms. The van der Waals surface area contributed by atoms with Gasteiger partial charge < -0.3 is 10.1 Å². The van der Waals surface area contributed by atoms with Gasteiger partial charge in [-0.2, -0.15) is 0 Å². The molecule has 0 fully saturated rings. The number of amides is 1. The number of methoxy groups -OCH3 is 1. The molecule has 156 valence electrons. The monoisotopic (exact) mass is 452 g/mol. The van der Waals surface area contributed by atoms with Gasteiger partial charge in [-0.3, -0.25) is 4.79 Å². The second-order valence-corrected chi connectivity index (χ2v) is 7.67. The first-order valence-corrected chi connectivity index (χ1v) is 10.1. The van der Waals surface area contributed by atoms with Crippen LogP contribution >= 0.6 is 23.2 Å². The van der Waals surface area contributed by atoms with Crippen LogP contribution in [0.3, 0.4) is 0 Å². The van der Waals surface area contributed by atoms with Crippen LogP contribution in [0.2, 0.25) is 10.0 Å². The Balaban J connectivity index is 1.77. The van der Waals surface area contributed by atoms with E-state index in [1.807, 2.05) is 25.1 Å². The summed E-state index contributed by atoms with van der Waals surface area (Å²) in [6, 6.07) is 19.7. The number of aryl methyl sites for hydroxylation is 1. The fraction of sp³-hybridized carbons (Fsp3) is 0.0870. The Kier molecular flexibility index (Phi) is 5.93. The van der Waals surface area contributed by atoms with Crippen LogP contribution in [-0.4, -0.2) is 27.8 Å². The second kappa shape index (κ2) is 8.79. The summed E-state index contributed by atoms with van der Waals surface area (Å²) >= 11 is 12.4. The molecule has 0 unspecified atom stereocenters. The summed E-state index contributed by atoms with van der Waals surface area (Å²) in [4.78, 5) is 17.4. The molecule has 0 radical (unpaired) electrons. The first-order valence-electron chi connectivity index (χ1n) is 9.39. The Morgan fingerprint density at radius 1 is 1.00 bits per heavy atom. The van der Waals surface area contributed by atoms with E-state index in [0.717, 1.165) is 16.8 Å². The zero-order chi connectivity index (χ0) is 22.0. The standard InChI is InChI=1S/C23H18Cl2N4O2/c1-14-6-7-17(25)13-20(14)29-22(15-4-3-5-16(24)12-15)27-21(28-29)23(30)26-18-8-10-19(31-2)11-9-18/h3-13H,1-2H3,(H,26,30). The Labute approximate surface area is 189 Å². The zero-order valence-electron chi connectivity index (χ0n) is 16.8. The van der Waals surface area contributed by atoms with E-state index >= 15 is 0 Å². The molecular weight excluding hydrogens is 435 g/mol. The van der Waals surface area contributed by atoms with E-state index < -0.39 is 5.91 Å². The third kappa shape index (κ3) is 4.55. The highest BCUT2D eigenvalue weighted by atomic mass is 35.5. The molecule has 0 bridgehead atoms. The molecule has 1 heterocycles. The van der Waals surface area contributed by atoms with Gasteiger partial charge in [-0.05, 0) is 61.0 Å². The molecule has 4 aromatic rings. The highest BCUT2D eigenvalue weighted by Crippen LogP contribution is 2.27. The molecule has 0 aliphatic carbocycles. The molecule has 0 aliphatic heterocycles. The van der Waals surface area contributed by atoms with Crippen molar-refractivity contribution in [2.45, 2.75) is 6.92 Å². The Morgan fingerprint density at radius 2 is 1.74 bits per heavy atom. The van der Waals surface area contributed by atoms with Crippen molar-refractivity contribution in [3.05, 3.63) is 88.2 Å². The summed E-state index contributed by atoms with van der Waals surface area (Å²) in [7, 11) is 1.58. The third-order valence-corrected chi connectivity index (χ3v) is 5.11. The van der Waals surface area contributed by atoms with Gasteiger partial charge in [0, 0.05) is 21.3 Å². The molecule has 4 rings (SSSR count). The maximum atomic E-state index is 12.9. The van der Waals surface area contributed by atoms with Crippen molar-refractivity contribution in [1.82, 2.24) is 14.8 Å². The van der Waals surface area contributed by atoms with Crippen molar-refractivity contribution in [3.8, 4) is 22.8 Å². The summed E-state index contributed by atoms with van der Waals surface area (Å²) in [6.45, 7) is 1.94. The van der Waals surface area contributed by atoms with Gasteiger partial charge in [-0.25, -0.2) is 9.67 Å². The van der Waals surface area contributed by atoms with Crippen LogP contribution in [-0.2, 0) is 0 Å². The molecule has 0 aliphatic rings. The number of rotatable bonds is 5. The van der Waals surface area contributed by atoms with Crippen LogP contribution in [0.5, 0.6) is 5.75 Å². The molecule has 0 saturated carbocycles. The maximum Gasteiger partial charge on any atom is 0.295 e. The predicted molar refractivity (Wildman–Crippen MR) is 122 cm³/mol. The van der Waals surface area contributed by atoms with Crippen LogP contribution in [0.1, 0.15) is 16.2 Å². The van der Waals surface area contributed by atoms with Gasteiger partial charge >= 0.3 is 0 Å². The van der Waals surface area contributed by atoms with Crippen molar-refractivity contribution >= 4 is 34.8 Å². The second-order valence-electron chi connectivity index (χ2n) is 6.79. The maximum absolute atomic E-state index is 12.9. The number of nitrogens with zero attached hydrogens (tertiary/aromatic N) is 3. The number of anilines is 1. The van der Waals surface area contributed by atoms with Gasteiger partial charge in [0.1, 0.15) is 5.75 Å². The lowest BCUT2D eigenvalue weighted by atomic mass is 10.2. The van der Waals surface area contributed by atoms with E-state index in [4.69, 9.17) is 27.9 Å². The average molecular weight is 453 g/mol. The quantitative estimate of drug-likeness (QED) is 0.414. The number of aromatic nitrogens is 3. The van der Waals surface area contributed by atoms with Crippen molar-refractivity contribution in [1.29, 1.82) is 0 Å². The fourth-order valence-electron chi connectivity index (χ4n) is 3.06. The third-order valence-electron chi connectivity index (χ3n) is 4.64. The average Bonchev–Trinajstić information content (AvgIpc) is 3.21. The Morgan fingerprint density at radius 3 is 2.45 bits per heavy atom. The largest absolute Gasteiger partial charge is 0.497 e. The smallest absolute Gasteiger partial charge is 0.295 e.